The van der Waals surface area contributed by atoms with E-state index in [1.54, 1.807) is 0 Å². The number of ether oxygens (including phenoxy) is 7. The topological polar surface area (TPSA) is 64.6 Å². The Bertz CT molecular complexity index is 824. The molecular formula is C62H126O7. The fourth-order valence-corrected chi connectivity index (χ4v) is 9.43. The molecule has 0 fully saturated rings. The third kappa shape index (κ3) is 48.4. The lowest BCUT2D eigenvalue weighted by Gasteiger charge is -2.35. The van der Waals surface area contributed by atoms with Gasteiger partial charge in [-0.1, -0.05) is 298 Å². The molecule has 0 aromatic rings. The zero-order chi connectivity index (χ0) is 50.1. The van der Waals surface area contributed by atoms with Gasteiger partial charge in [-0.15, -0.1) is 0 Å². The Kier molecular flexibility index (Phi) is 56.8. The normalized spacial score (nSPS) is 12.3. The van der Waals surface area contributed by atoms with Crippen molar-refractivity contribution in [2.24, 2.45) is 0 Å². The van der Waals surface area contributed by atoms with E-state index in [2.05, 4.69) is 41.5 Å². The van der Waals surface area contributed by atoms with Crippen LogP contribution >= 0.6 is 0 Å². The maximum Gasteiger partial charge on any atom is 0.284 e. The van der Waals surface area contributed by atoms with E-state index in [9.17, 15) is 0 Å². The van der Waals surface area contributed by atoms with E-state index < -0.39 is 11.9 Å². The molecule has 0 aliphatic heterocycles. The van der Waals surface area contributed by atoms with Gasteiger partial charge in [-0.05, 0) is 38.5 Å². The molecule has 0 heterocycles. The molecule has 0 atom stereocenters. The van der Waals surface area contributed by atoms with Gasteiger partial charge < -0.3 is 33.2 Å². The molecular weight excluding hydrogens is 857 g/mol. The third-order valence-electron chi connectivity index (χ3n) is 14.2. The highest BCUT2D eigenvalue weighted by molar-refractivity contribution is 4.63. The molecule has 0 rings (SSSR count). The van der Waals surface area contributed by atoms with Crippen LogP contribution in [0.1, 0.15) is 350 Å². The first-order valence-electron chi connectivity index (χ1n) is 31.5. The number of hydrogen-bond acceptors (Lipinski definition) is 7. The van der Waals surface area contributed by atoms with E-state index in [0.29, 0.717) is 39.3 Å². The Labute approximate surface area is 433 Å². The molecule has 0 amide bonds. The maximum atomic E-state index is 6.73. The molecule has 7 nitrogen and oxygen atoms in total. The summed E-state index contributed by atoms with van der Waals surface area (Å²) in [4.78, 5) is 0. The standard InChI is InChI=1S/C62H126O7/c1-7-13-19-25-31-33-35-37-39-41-47-53-61(64-55-49-43-27-21-15-9-3,65-56-50-44-28-22-16-10-4)68-59-63-60-69-62(66-57-51-45-29-23-17-11-5,67-58-52-46-30-24-18-12-6)54-48-42-40-38-36-34-32-26-20-14-8-2/h7-60H2,1-6H3. The fourth-order valence-electron chi connectivity index (χ4n) is 9.43. The summed E-state index contributed by atoms with van der Waals surface area (Å²) in [5, 5.41) is 0. The third-order valence-corrected chi connectivity index (χ3v) is 14.2. The average molecular weight is 984 g/mol. The lowest BCUT2D eigenvalue weighted by molar-refractivity contribution is -0.425. The van der Waals surface area contributed by atoms with Crippen LogP contribution in [-0.4, -0.2) is 52.0 Å². The average Bonchev–Trinajstić information content (AvgIpc) is 3.36. The van der Waals surface area contributed by atoms with Crippen LogP contribution in [0, 0.1) is 0 Å². The second-order valence-corrected chi connectivity index (χ2v) is 21.1. The van der Waals surface area contributed by atoms with Crippen LogP contribution in [-0.2, 0) is 33.2 Å². The Hall–Kier alpha value is -0.280. The Morgan fingerprint density at radius 1 is 0.188 bits per heavy atom. The van der Waals surface area contributed by atoms with Crippen molar-refractivity contribution in [3.05, 3.63) is 0 Å². The minimum Gasteiger partial charge on any atom is -0.329 e. The summed E-state index contributed by atoms with van der Waals surface area (Å²) in [5.41, 5.74) is 0. The number of rotatable bonds is 62. The van der Waals surface area contributed by atoms with Gasteiger partial charge in [0.1, 0.15) is 0 Å². The lowest BCUT2D eigenvalue weighted by Crippen LogP contribution is -2.42. The van der Waals surface area contributed by atoms with E-state index in [0.717, 1.165) is 38.5 Å². The van der Waals surface area contributed by atoms with Crippen LogP contribution in [0.25, 0.3) is 0 Å². The Balaban J connectivity index is 5.89. The molecule has 0 saturated carbocycles. The van der Waals surface area contributed by atoms with Gasteiger partial charge in [-0.25, -0.2) is 0 Å². The van der Waals surface area contributed by atoms with Crippen molar-refractivity contribution in [3.8, 4) is 0 Å². The van der Waals surface area contributed by atoms with Crippen molar-refractivity contribution in [2.45, 2.75) is 362 Å². The van der Waals surface area contributed by atoms with Gasteiger partial charge >= 0.3 is 0 Å². The maximum absolute atomic E-state index is 6.73. The highest BCUT2D eigenvalue weighted by atomic mass is 16.9. The molecule has 0 aliphatic carbocycles. The van der Waals surface area contributed by atoms with E-state index in [4.69, 9.17) is 33.2 Å². The Morgan fingerprint density at radius 2 is 0.362 bits per heavy atom. The van der Waals surface area contributed by atoms with E-state index >= 15 is 0 Å². The van der Waals surface area contributed by atoms with Gasteiger partial charge in [0.05, 0.1) is 26.4 Å². The second-order valence-electron chi connectivity index (χ2n) is 21.1. The first-order chi connectivity index (χ1) is 34.1. The SMILES string of the molecule is CCCCCCCCCCCCCC(OCCCCCCCC)(OCCCCCCCC)OCOCOC(CCCCCCCCCCCCC)(OCCCCCCCC)OCCCCCCCC. The van der Waals surface area contributed by atoms with Gasteiger partial charge in [0.15, 0.2) is 13.6 Å². The van der Waals surface area contributed by atoms with E-state index in [1.807, 2.05) is 0 Å². The largest absolute Gasteiger partial charge is 0.329 e. The zero-order valence-corrected chi connectivity index (χ0v) is 48.0. The first kappa shape index (κ1) is 68.7. The minimum atomic E-state index is -1.11. The highest BCUT2D eigenvalue weighted by Gasteiger charge is 2.35. The summed E-state index contributed by atoms with van der Waals surface area (Å²) in [6.45, 7) is 16.3. The van der Waals surface area contributed by atoms with Crippen LogP contribution in [0.2, 0.25) is 0 Å². The lowest BCUT2D eigenvalue weighted by atomic mass is 10.0. The predicted molar refractivity (Wildman–Crippen MR) is 298 cm³/mol. The van der Waals surface area contributed by atoms with Crippen molar-refractivity contribution in [3.63, 3.8) is 0 Å². The smallest absolute Gasteiger partial charge is 0.284 e. The van der Waals surface area contributed by atoms with E-state index in [-0.39, 0.29) is 13.6 Å². The van der Waals surface area contributed by atoms with Crippen molar-refractivity contribution in [1.29, 1.82) is 0 Å². The quantitative estimate of drug-likeness (QED) is 0.0444. The number of unbranched alkanes of at least 4 members (excludes halogenated alkanes) is 40. The summed E-state index contributed by atoms with van der Waals surface area (Å²) in [6, 6.07) is 0. The highest BCUT2D eigenvalue weighted by Crippen LogP contribution is 2.29. The Morgan fingerprint density at radius 3 is 0.565 bits per heavy atom. The van der Waals surface area contributed by atoms with Crippen LogP contribution in [0.5, 0.6) is 0 Å². The van der Waals surface area contributed by atoms with Crippen molar-refractivity contribution >= 4 is 0 Å². The molecule has 0 bridgehead atoms. The van der Waals surface area contributed by atoms with Crippen LogP contribution in [0.15, 0.2) is 0 Å². The van der Waals surface area contributed by atoms with Crippen LogP contribution in [0.3, 0.4) is 0 Å². The summed E-state index contributed by atoms with van der Waals surface area (Å²) in [6.07, 6.45) is 59.4. The molecule has 0 unspecified atom stereocenters. The van der Waals surface area contributed by atoms with Gasteiger partial charge in [0, 0.05) is 12.8 Å². The molecule has 0 aliphatic rings. The van der Waals surface area contributed by atoms with Crippen LogP contribution in [0.4, 0.5) is 0 Å². The van der Waals surface area contributed by atoms with Crippen molar-refractivity contribution in [2.75, 3.05) is 40.0 Å². The summed E-state index contributed by atoms with van der Waals surface area (Å²) in [7, 11) is 0. The fraction of sp³-hybridized carbons (Fsp3) is 1.00. The predicted octanol–water partition coefficient (Wildman–Crippen LogP) is 21.2. The van der Waals surface area contributed by atoms with Crippen molar-refractivity contribution < 1.29 is 33.2 Å². The molecule has 0 aromatic carbocycles. The molecule has 69 heavy (non-hydrogen) atoms. The molecule has 416 valence electrons. The summed E-state index contributed by atoms with van der Waals surface area (Å²) < 4.78 is 46.5. The van der Waals surface area contributed by atoms with Crippen molar-refractivity contribution in [1.82, 2.24) is 0 Å². The molecule has 7 heteroatoms. The van der Waals surface area contributed by atoms with Gasteiger partial charge in [-0.2, -0.15) is 0 Å². The number of hydrogen-bond donors (Lipinski definition) is 0. The molecule has 0 N–H and O–H groups in total. The molecule has 0 aromatic heterocycles. The molecule has 0 spiro atoms. The minimum absolute atomic E-state index is 0.0361. The van der Waals surface area contributed by atoms with Gasteiger partial charge in [0.2, 0.25) is 0 Å². The van der Waals surface area contributed by atoms with E-state index in [1.165, 1.54) is 257 Å². The second kappa shape index (κ2) is 57.0. The summed E-state index contributed by atoms with van der Waals surface area (Å²) in [5.74, 6) is -2.22. The first-order valence-corrected chi connectivity index (χ1v) is 31.5. The summed E-state index contributed by atoms with van der Waals surface area (Å²) >= 11 is 0. The van der Waals surface area contributed by atoms with Gasteiger partial charge in [0.25, 0.3) is 11.9 Å². The zero-order valence-electron chi connectivity index (χ0n) is 48.0. The molecule has 0 radical (unpaired) electrons. The molecule has 0 saturated heterocycles. The van der Waals surface area contributed by atoms with Crippen LogP contribution < -0.4 is 0 Å². The van der Waals surface area contributed by atoms with Gasteiger partial charge in [-0.3, -0.25) is 0 Å². The monoisotopic (exact) mass is 983 g/mol.